The zero-order chi connectivity index (χ0) is 12.1. The van der Waals surface area contributed by atoms with Crippen LogP contribution >= 0.6 is 0 Å². The Hall–Kier alpha value is -0.940. The van der Waals surface area contributed by atoms with Crippen molar-refractivity contribution in [2.24, 2.45) is 13.0 Å². The summed E-state index contributed by atoms with van der Waals surface area (Å²) in [6.45, 7) is 7.88. The lowest BCUT2D eigenvalue weighted by molar-refractivity contribution is 0.190. The van der Waals surface area contributed by atoms with Crippen LogP contribution in [0.15, 0.2) is 6.33 Å². The maximum Gasteiger partial charge on any atom is 0.146 e. The molecule has 1 aliphatic heterocycles. The molecular weight excluding hydrogens is 214 g/mol. The van der Waals surface area contributed by atoms with Gasteiger partial charge in [0.1, 0.15) is 12.2 Å². The number of nitrogens with zero attached hydrogens (tertiary/aromatic N) is 4. The van der Waals surface area contributed by atoms with Gasteiger partial charge in [0.15, 0.2) is 0 Å². The first kappa shape index (κ1) is 12.5. The molecule has 0 aromatic carbocycles. The summed E-state index contributed by atoms with van der Waals surface area (Å²) in [6.07, 6.45) is 4.38. The molecule has 0 amide bonds. The first-order chi connectivity index (χ1) is 8.29. The molecule has 1 aromatic rings. The normalized spacial score (nSPS) is 18.7. The summed E-state index contributed by atoms with van der Waals surface area (Å²) in [7, 11) is 1.98. The van der Waals surface area contributed by atoms with Crippen LogP contribution in [-0.4, -0.2) is 45.8 Å². The van der Waals surface area contributed by atoms with Crippen molar-refractivity contribution in [1.82, 2.24) is 25.0 Å². The van der Waals surface area contributed by atoms with E-state index < -0.39 is 0 Å². The third-order valence-electron chi connectivity index (χ3n) is 3.68. The highest BCUT2D eigenvalue weighted by Gasteiger charge is 2.17. The lowest BCUT2D eigenvalue weighted by Gasteiger charge is -2.31. The first-order valence-corrected chi connectivity index (χ1v) is 6.55. The molecule has 0 spiro atoms. The number of rotatable bonds is 5. The lowest BCUT2D eigenvalue weighted by Crippen LogP contribution is -2.37. The van der Waals surface area contributed by atoms with Crippen LogP contribution in [0.5, 0.6) is 0 Å². The fraction of sp³-hybridized carbons (Fsp3) is 0.833. The van der Waals surface area contributed by atoms with Crippen LogP contribution in [0.4, 0.5) is 0 Å². The van der Waals surface area contributed by atoms with Crippen molar-refractivity contribution in [3.63, 3.8) is 0 Å². The Morgan fingerprint density at radius 3 is 2.76 bits per heavy atom. The minimum absolute atomic E-state index is 0.824. The highest BCUT2D eigenvalue weighted by Crippen LogP contribution is 2.15. The second kappa shape index (κ2) is 6.12. The van der Waals surface area contributed by atoms with Gasteiger partial charge in [0, 0.05) is 7.05 Å². The van der Waals surface area contributed by atoms with E-state index in [1.54, 1.807) is 6.33 Å². The molecule has 2 rings (SSSR count). The van der Waals surface area contributed by atoms with Gasteiger partial charge >= 0.3 is 0 Å². The van der Waals surface area contributed by atoms with E-state index in [9.17, 15) is 0 Å². The van der Waals surface area contributed by atoms with Gasteiger partial charge < -0.3 is 14.8 Å². The Morgan fingerprint density at radius 1 is 1.41 bits per heavy atom. The van der Waals surface area contributed by atoms with Crippen molar-refractivity contribution in [2.45, 2.75) is 26.3 Å². The maximum absolute atomic E-state index is 4.07. The van der Waals surface area contributed by atoms with Gasteiger partial charge in [-0.25, -0.2) is 0 Å². The number of nitrogens with one attached hydrogen (secondary N) is 1. The molecule has 1 saturated heterocycles. The second-order valence-electron chi connectivity index (χ2n) is 4.87. The van der Waals surface area contributed by atoms with Crippen molar-refractivity contribution in [3.05, 3.63) is 12.2 Å². The maximum atomic E-state index is 4.07. The van der Waals surface area contributed by atoms with E-state index >= 15 is 0 Å². The fourth-order valence-corrected chi connectivity index (χ4v) is 2.36. The van der Waals surface area contributed by atoms with Crippen LogP contribution in [-0.2, 0) is 13.6 Å². The van der Waals surface area contributed by atoms with Crippen LogP contribution in [0.1, 0.15) is 25.6 Å². The average molecular weight is 237 g/mol. The molecule has 0 bridgehead atoms. The number of piperidine rings is 1. The number of hydrogen-bond donors (Lipinski definition) is 1. The van der Waals surface area contributed by atoms with Crippen LogP contribution < -0.4 is 5.32 Å². The minimum atomic E-state index is 0.824. The van der Waals surface area contributed by atoms with Crippen LogP contribution in [0.2, 0.25) is 0 Å². The highest BCUT2D eigenvalue weighted by atomic mass is 15.3. The minimum Gasteiger partial charge on any atom is -0.320 e. The Kier molecular flexibility index (Phi) is 4.50. The number of likely N-dealkylation sites (tertiary alicyclic amines) is 1. The smallest absolute Gasteiger partial charge is 0.146 e. The molecular formula is C12H23N5. The number of aryl methyl sites for hydroxylation is 1. The predicted octanol–water partition coefficient (Wildman–Crippen LogP) is 0.637. The summed E-state index contributed by atoms with van der Waals surface area (Å²) in [6, 6.07) is 0. The summed E-state index contributed by atoms with van der Waals surface area (Å²) < 4.78 is 1.96. The van der Waals surface area contributed by atoms with Crippen molar-refractivity contribution >= 4 is 0 Å². The van der Waals surface area contributed by atoms with Gasteiger partial charge in [0.2, 0.25) is 0 Å². The van der Waals surface area contributed by atoms with Gasteiger partial charge in [0.25, 0.3) is 0 Å². The number of aromatic nitrogens is 3. The summed E-state index contributed by atoms with van der Waals surface area (Å²) in [5.74, 6) is 1.84. The summed E-state index contributed by atoms with van der Waals surface area (Å²) in [4.78, 5) is 2.53. The van der Waals surface area contributed by atoms with Crippen molar-refractivity contribution in [1.29, 1.82) is 0 Å². The third-order valence-corrected chi connectivity index (χ3v) is 3.68. The lowest BCUT2D eigenvalue weighted by atomic mass is 9.97. The van der Waals surface area contributed by atoms with E-state index in [4.69, 9.17) is 0 Å². The molecule has 5 heteroatoms. The molecule has 0 radical (unpaired) electrons. The van der Waals surface area contributed by atoms with Gasteiger partial charge in [-0.2, -0.15) is 0 Å². The summed E-state index contributed by atoms with van der Waals surface area (Å²) in [5.41, 5.74) is 0. The predicted molar refractivity (Wildman–Crippen MR) is 67.5 cm³/mol. The van der Waals surface area contributed by atoms with Gasteiger partial charge in [-0.3, -0.25) is 0 Å². The van der Waals surface area contributed by atoms with E-state index in [0.717, 1.165) is 24.8 Å². The SMILES string of the molecule is CCN1CCC(CNCc2nncn2C)CC1. The number of hydrogen-bond acceptors (Lipinski definition) is 4. The molecule has 96 valence electrons. The molecule has 5 nitrogen and oxygen atoms in total. The molecule has 0 saturated carbocycles. The zero-order valence-electron chi connectivity index (χ0n) is 10.9. The molecule has 1 aliphatic rings. The van der Waals surface area contributed by atoms with E-state index in [2.05, 4.69) is 27.3 Å². The third kappa shape index (κ3) is 3.51. The van der Waals surface area contributed by atoms with E-state index in [1.165, 1.54) is 32.5 Å². The molecule has 2 heterocycles. The largest absolute Gasteiger partial charge is 0.320 e. The van der Waals surface area contributed by atoms with Crippen molar-refractivity contribution < 1.29 is 0 Å². The summed E-state index contributed by atoms with van der Waals surface area (Å²) in [5, 5.41) is 11.4. The Morgan fingerprint density at radius 2 is 2.18 bits per heavy atom. The van der Waals surface area contributed by atoms with Crippen LogP contribution in [0, 0.1) is 5.92 Å². The quantitative estimate of drug-likeness (QED) is 0.816. The van der Waals surface area contributed by atoms with Crippen molar-refractivity contribution in [3.8, 4) is 0 Å². The van der Waals surface area contributed by atoms with E-state index in [-0.39, 0.29) is 0 Å². The fourth-order valence-electron chi connectivity index (χ4n) is 2.36. The first-order valence-electron chi connectivity index (χ1n) is 6.55. The molecule has 1 N–H and O–H groups in total. The molecule has 0 unspecified atom stereocenters. The molecule has 17 heavy (non-hydrogen) atoms. The Balaban J connectivity index is 1.65. The topological polar surface area (TPSA) is 46.0 Å². The van der Waals surface area contributed by atoms with Crippen LogP contribution in [0.3, 0.4) is 0 Å². The summed E-state index contributed by atoms with van der Waals surface area (Å²) >= 11 is 0. The van der Waals surface area contributed by atoms with E-state index in [0.29, 0.717) is 0 Å². The molecule has 1 aromatic heterocycles. The molecule has 0 aliphatic carbocycles. The Bertz CT molecular complexity index is 327. The molecule has 0 atom stereocenters. The standard InChI is InChI=1S/C12H23N5/c1-3-17-6-4-11(5-7-17)8-13-9-12-15-14-10-16(12)2/h10-11,13H,3-9H2,1-2H3. The monoisotopic (exact) mass is 237 g/mol. The van der Waals surface area contributed by atoms with Gasteiger partial charge in [-0.15, -0.1) is 10.2 Å². The van der Waals surface area contributed by atoms with Gasteiger partial charge in [-0.05, 0) is 44.9 Å². The van der Waals surface area contributed by atoms with Crippen molar-refractivity contribution in [2.75, 3.05) is 26.2 Å². The van der Waals surface area contributed by atoms with Crippen LogP contribution in [0.25, 0.3) is 0 Å². The average Bonchev–Trinajstić information content (AvgIpc) is 2.76. The molecule has 1 fully saturated rings. The van der Waals surface area contributed by atoms with Gasteiger partial charge in [-0.1, -0.05) is 6.92 Å². The highest BCUT2D eigenvalue weighted by molar-refractivity contribution is 4.83. The second-order valence-corrected chi connectivity index (χ2v) is 4.87. The Labute approximate surface area is 103 Å². The zero-order valence-corrected chi connectivity index (χ0v) is 10.9. The van der Waals surface area contributed by atoms with Gasteiger partial charge in [0.05, 0.1) is 6.54 Å². The van der Waals surface area contributed by atoms with E-state index in [1.807, 2.05) is 11.6 Å².